The zero-order chi connectivity index (χ0) is 27.3. The Bertz CT molecular complexity index is 1060. The van der Waals surface area contributed by atoms with Crippen LogP contribution in [0.15, 0.2) is 29.2 Å². The van der Waals surface area contributed by atoms with Crippen LogP contribution in [-0.2, 0) is 14.3 Å². The maximum atomic E-state index is 13.0. The molecule has 5 rings (SSSR count). The van der Waals surface area contributed by atoms with Crippen molar-refractivity contribution in [3.05, 3.63) is 29.8 Å². The summed E-state index contributed by atoms with van der Waals surface area (Å²) in [5, 5.41) is 0. The minimum absolute atomic E-state index is 0.174. The zero-order valence-electron chi connectivity index (χ0n) is 25.0. The van der Waals surface area contributed by atoms with Crippen LogP contribution in [-0.4, -0.2) is 14.5 Å². The quantitative estimate of drug-likeness (QED) is 0.308. The fourth-order valence-corrected chi connectivity index (χ4v) is 11.4. The lowest BCUT2D eigenvalue weighted by atomic mass is 9.44. The first-order valence-electron chi connectivity index (χ1n) is 15.9. The molecule has 1 aromatic carbocycles. The molecule has 0 heterocycles. The molecule has 3 nitrogen and oxygen atoms in total. The minimum Gasteiger partial charge on any atom is -0.263 e. The van der Waals surface area contributed by atoms with Gasteiger partial charge in [-0.3, -0.25) is 4.18 Å². The molecular formula is C34H54O3S. The van der Waals surface area contributed by atoms with E-state index in [1.54, 1.807) is 12.1 Å². The highest BCUT2D eigenvalue weighted by molar-refractivity contribution is 7.86. The van der Waals surface area contributed by atoms with Crippen molar-refractivity contribution in [3.63, 3.8) is 0 Å². The highest BCUT2D eigenvalue weighted by Crippen LogP contribution is 2.68. The second kappa shape index (κ2) is 10.8. The van der Waals surface area contributed by atoms with Crippen molar-refractivity contribution < 1.29 is 12.6 Å². The molecule has 4 aliphatic carbocycles. The molecule has 0 aromatic heterocycles. The molecule has 0 saturated heterocycles. The summed E-state index contributed by atoms with van der Waals surface area (Å²) in [4.78, 5) is 0.293. The largest absolute Gasteiger partial charge is 0.297 e. The van der Waals surface area contributed by atoms with E-state index in [-0.39, 0.29) is 6.10 Å². The van der Waals surface area contributed by atoms with Crippen molar-refractivity contribution in [2.24, 2.45) is 52.3 Å². The molecule has 0 spiro atoms. The molecule has 1 aromatic rings. The monoisotopic (exact) mass is 542 g/mol. The SMILES string of the molecule is Cc1ccc(S(=O)(=O)O[C@H]2CCC3(C)C4CCC5(C)C(C(C)CCCC(C)C)CCC5C4CC[C@H]3C2)cc1. The maximum absolute atomic E-state index is 13.0. The fourth-order valence-electron chi connectivity index (χ4n) is 10.3. The summed E-state index contributed by atoms with van der Waals surface area (Å²) in [6.07, 6.45) is 15.2. The van der Waals surface area contributed by atoms with Gasteiger partial charge >= 0.3 is 0 Å². The van der Waals surface area contributed by atoms with Gasteiger partial charge in [0.15, 0.2) is 0 Å². The van der Waals surface area contributed by atoms with Crippen LogP contribution in [0.3, 0.4) is 0 Å². The number of hydrogen-bond acceptors (Lipinski definition) is 3. The van der Waals surface area contributed by atoms with Gasteiger partial charge in [0.2, 0.25) is 0 Å². The summed E-state index contributed by atoms with van der Waals surface area (Å²) in [7, 11) is -3.70. The summed E-state index contributed by atoms with van der Waals surface area (Å²) in [6.45, 7) is 14.5. The lowest BCUT2D eigenvalue weighted by molar-refractivity contribution is -0.126. The second-order valence-corrected chi connectivity index (χ2v) is 16.5. The maximum Gasteiger partial charge on any atom is 0.297 e. The molecule has 4 aliphatic rings. The van der Waals surface area contributed by atoms with E-state index < -0.39 is 10.1 Å². The third-order valence-electron chi connectivity index (χ3n) is 12.4. The molecule has 0 radical (unpaired) electrons. The average molecular weight is 543 g/mol. The van der Waals surface area contributed by atoms with Gasteiger partial charge in [-0.1, -0.05) is 71.6 Å². The first kappa shape index (κ1) is 28.7. The Labute approximate surface area is 234 Å². The molecule has 9 atom stereocenters. The summed E-state index contributed by atoms with van der Waals surface area (Å²) in [5.41, 5.74) is 1.94. The van der Waals surface area contributed by atoms with Gasteiger partial charge in [-0.15, -0.1) is 0 Å². The van der Waals surface area contributed by atoms with E-state index in [4.69, 9.17) is 4.18 Å². The topological polar surface area (TPSA) is 43.4 Å². The standard InChI is InChI=1S/C34H54O3S/c1-23(2)8-7-9-25(4)30-16-17-31-29-15-12-26-22-27(37-38(35,36)28-13-10-24(3)11-14-28)18-20-33(26,5)32(29)19-21-34(30,31)6/h10-11,13-14,23,25-27,29-32H,7-9,12,15-22H2,1-6H3/t25?,26-,27-,29?,30?,31?,32?,33?,34?/m0/s1. The Morgan fingerprint density at radius 1 is 0.868 bits per heavy atom. The number of fused-ring (bicyclic) bond motifs is 5. The minimum atomic E-state index is -3.70. The van der Waals surface area contributed by atoms with Crippen molar-refractivity contribution in [1.29, 1.82) is 0 Å². The van der Waals surface area contributed by atoms with Gasteiger partial charge in [0, 0.05) is 0 Å². The smallest absolute Gasteiger partial charge is 0.263 e. The predicted molar refractivity (Wildman–Crippen MR) is 156 cm³/mol. The van der Waals surface area contributed by atoms with Crippen LogP contribution >= 0.6 is 0 Å². The Hall–Kier alpha value is -0.870. The molecule has 4 heteroatoms. The van der Waals surface area contributed by atoms with Crippen LogP contribution in [0.25, 0.3) is 0 Å². The van der Waals surface area contributed by atoms with E-state index in [0.717, 1.165) is 60.3 Å². The van der Waals surface area contributed by atoms with E-state index in [2.05, 4.69) is 34.6 Å². The summed E-state index contributed by atoms with van der Waals surface area (Å²) >= 11 is 0. The lowest BCUT2D eigenvalue weighted by Gasteiger charge is -2.61. The first-order valence-corrected chi connectivity index (χ1v) is 17.3. The van der Waals surface area contributed by atoms with Crippen LogP contribution in [0, 0.1) is 59.2 Å². The molecular weight excluding hydrogens is 488 g/mol. The molecule has 0 bridgehead atoms. The van der Waals surface area contributed by atoms with Crippen LogP contribution in [0.5, 0.6) is 0 Å². The molecule has 0 amide bonds. The number of rotatable bonds is 8. The molecule has 0 N–H and O–H groups in total. The van der Waals surface area contributed by atoms with Crippen LogP contribution in [0.2, 0.25) is 0 Å². The lowest BCUT2D eigenvalue weighted by Crippen LogP contribution is -2.54. The van der Waals surface area contributed by atoms with Crippen molar-refractivity contribution in [2.45, 2.75) is 130 Å². The van der Waals surface area contributed by atoms with Gasteiger partial charge < -0.3 is 0 Å². The summed E-state index contributed by atoms with van der Waals surface area (Å²) in [6, 6.07) is 7.07. The van der Waals surface area contributed by atoms with E-state index in [1.807, 2.05) is 19.1 Å². The number of hydrogen-bond donors (Lipinski definition) is 0. The molecule has 214 valence electrons. The Balaban J connectivity index is 1.24. The third-order valence-corrected chi connectivity index (χ3v) is 13.8. The van der Waals surface area contributed by atoms with Crippen molar-refractivity contribution in [1.82, 2.24) is 0 Å². The highest BCUT2D eigenvalue weighted by atomic mass is 32.2. The van der Waals surface area contributed by atoms with Crippen LogP contribution in [0.1, 0.15) is 117 Å². The zero-order valence-corrected chi connectivity index (χ0v) is 25.9. The summed E-state index contributed by atoms with van der Waals surface area (Å²) in [5.74, 6) is 5.75. The van der Waals surface area contributed by atoms with E-state index in [0.29, 0.717) is 21.6 Å². The summed E-state index contributed by atoms with van der Waals surface area (Å²) < 4.78 is 31.9. The van der Waals surface area contributed by atoms with Gasteiger partial charge in [0.1, 0.15) is 0 Å². The van der Waals surface area contributed by atoms with E-state index >= 15 is 0 Å². The van der Waals surface area contributed by atoms with Gasteiger partial charge in [-0.05, 0) is 129 Å². The fraction of sp³-hybridized carbons (Fsp3) is 0.824. The van der Waals surface area contributed by atoms with Crippen molar-refractivity contribution in [2.75, 3.05) is 0 Å². The van der Waals surface area contributed by atoms with Gasteiger partial charge in [-0.2, -0.15) is 8.42 Å². The van der Waals surface area contributed by atoms with Crippen molar-refractivity contribution in [3.8, 4) is 0 Å². The van der Waals surface area contributed by atoms with E-state index in [1.165, 1.54) is 57.8 Å². The molecule has 7 unspecified atom stereocenters. The normalized spacial score (nSPS) is 39.9. The average Bonchev–Trinajstić information content (AvgIpc) is 3.21. The molecule has 0 aliphatic heterocycles. The Morgan fingerprint density at radius 3 is 2.26 bits per heavy atom. The van der Waals surface area contributed by atoms with Crippen LogP contribution in [0.4, 0.5) is 0 Å². The highest BCUT2D eigenvalue weighted by Gasteiger charge is 2.60. The Kier molecular flexibility index (Phi) is 8.17. The van der Waals surface area contributed by atoms with Gasteiger partial charge in [0.05, 0.1) is 11.0 Å². The second-order valence-electron chi connectivity index (χ2n) is 14.9. The third kappa shape index (κ3) is 5.27. The molecule has 4 saturated carbocycles. The van der Waals surface area contributed by atoms with Gasteiger partial charge in [-0.25, -0.2) is 0 Å². The number of aryl methyl sites for hydroxylation is 1. The van der Waals surface area contributed by atoms with E-state index in [9.17, 15) is 8.42 Å². The molecule has 4 fully saturated rings. The van der Waals surface area contributed by atoms with Crippen LogP contribution < -0.4 is 0 Å². The number of benzene rings is 1. The first-order chi connectivity index (χ1) is 17.9. The molecule has 38 heavy (non-hydrogen) atoms. The van der Waals surface area contributed by atoms with Crippen molar-refractivity contribution >= 4 is 10.1 Å². The Morgan fingerprint density at radius 2 is 1.55 bits per heavy atom. The predicted octanol–water partition coefficient (Wildman–Crippen LogP) is 9.19. The van der Waals surface area contributed by atoms with Gasteiger partial charge in [0.25, 0.3) is 10.1 Å².